The number of hydrogen-bond donors (Lipinski definition) is 0. The molecule has 27 heavy (non-hydrogen) atoms. The second kappa shape index (κ2) is 9.05. The van der Waals surface area contributed by atoms with Crippen LogP contribution in [0.4, 0.5) is 0 Å². The SMILES string of the molecule is COCOc1ccc(/C=C/C(=O)N2CCN(C(=O)c3ccco3)CC2)cc1. The highest BCUT2D eigenvalue weighted by molar-refractivity contribution is 5.93. The Labute approximate surface area is 157 Å². The van der Waals surface area contributed by atoms with Gasteiger partial charge < -0.3 is 23.7 Å². The van der Waals surface area contributed by atoms with Crippen LogP contribution in [0.5, 0.6) is 5.75 Å². The molecule has 0 aliphatic carbocycles. The molecule has 0 atom stereocenters. The maximum atomic E-state index is 12.4. The van der Waals surface area contributed by atoms with Gasteiger partial charge in [0.15, 0.2) is 12.6 Å². The fourth-order valence-corrected chi connectivity index (χ4v) is 2.76. The van der Waals surface area contributed by atoms with Crippen molar-refractivity contribution in [2.75, 3.05) is 40.1 Å². The molecule has 1 aliphatic rings. The van der Waals surface area contributed by atoms with Gasteiger partial charge in [-0.3, -0.25) is 9.59 Å². The minimum atomic E-state index is -0.140. The Morgan fingerprint density at radius 2 is 1.78 bits per heavy atom. The minimum Gasteiger partial charge on any atom is -0.468 e. The van der Waals surface area contributed by atoms with E-state index in [-0.39, 0.29) is 18.6 Å². The average molecular weight is 370 g/mol. The summed E-state index contributed by atoms with van der Waals surface area (Å²) in [6.45, 7) is 2.18. The summed E-state index contributed by atoms with van der Waals surface area (Å²) < 4.78 is 15.3. The third kappa shape index (κ3) is 4.98. The number of piperazine rings is 1. The largest absolute Gasteiger partial charge is 0.468 e. The summed E-state index contributed by atoms with van der Waals surface area (Å²) in [5, 5.41) is 0. The van der Waals surface area contributed by atoms with Crippen molar-refractivity contribution in [2.24, 2.45) is 0 Å². The minimum absolute atomic E-state index is 0.0696. The van der Waals surface area contributed by atoms with Gasteiger partial charge in [0.2, 0.25) is 5.91 Å². The molecular formula is C20H22N2O5. The maximum Gasteiger partial charge on any atom is 0.289 e. The molecule has 1 saturated heterocycles. The van der Waals surface area contributed by atoms with E-state index >= 15 is 0 Å². The van der Waals surface area contributed by atoms with E-state index in [0.717, 1.165) is 5.56 Å². The van der Waals surface area contributed by atoms with Gasteiger partial charge in [-0.05, 0) is 35.9 Å². The van der Waals surface area contributed by atoms with Crippen LogP contribution >= 0.6 is 0 Å². The lowest BCUT2D eigenvalue weighted by molar-refractivity contribution is -0.127. The van der Waals surface area contributed by atoms with Crippen molar-refractivity contribution in [3.8, 4) is 5.75 Å². The van der Waals surface area contributed by atoms with Crippen molar-refractivity contribution in [3.05, 3.63) is 60.1 Å². The molecule has 3 rings (SSSR count). The Kier molecular flexibility index (Phi) is 6.27. The molecular weight excluding hydrogens is 348 g/mol. The molecule has 0 unspecified atom stereocenters. The molecule has 1 aromatic heterocycles. The first-order valence-corrected chi connectivity index (χ1v) is 8.69. The summed E-state index contributed by atoms with van der Waals surface area (Å²) in [4.78, 5) is 28.0. The Bertz CT molecular complexity index is 775. The second-order valence-electron chi connectivity index (χ2n) is 6.05. The quantitative estimate of drug-likeness (QED) is 0.576. The predicted octanol–water partition coefficient (Wildman–Crippen LogP) is 2.26. The summed E-state index contributed by atoms with van der Waals surface area (Å²) in [5.41, 5.74) is 0.903. The highest BCUT2D eigenvalue weighted by atomic mass is 16.7. The van der Waals surface area contributed by atoms with E-state index in [1.807, 2.05) is 24.3 Å². The summed E-state index contributed by atoms with van der Waals surface area (Å²) in [7, 11) is 1.56. The van der Waals surface area contributed by atoms with E-state index in [1.165, 1.54) is 6.26 Å². The first kappa shape index (κ1) is 18.7. The van der Waals surface area contributed by atoms with Crippen LogP contribution in [0.15, 0.2) is 53.2 Å². The number of benzene rings is 1. The number of amides is 2. The van der Waals surface area contributed by atoms with Gasteiger partial charge in [0.25, 0.3) is 5.91 Å². The van der Waals surface area contributed by atoms with Gasteiger partial charge in [0, 0.05) is 39.4 Å². The fraction of sp³-hybridized carbons (Fsp3) is 0.300. The van der Waals surface area contributed by atoms with Crippen molar-refractivity contribution in [3.63, 3.8) is 0 Å². The highest BCUT2D eigenvalue weighted by Gasteiger charge is 2.25. The van der Waals surface area contributed by atoms with Crippen LogP contribution in [0.1, 0.15) is 16.1 Å². The number of hydrogen-bond acceptors (Lipinski definition) is 5. The van der Waals surface area contributed by atoms with Crippen molar-refractivity contribution in [1.29, 1.82) is 0 Å². The third-order valence-corrected chi connectivity index (χ3v) is 4.25. The molecule has 7 nitrogen and oxygen atoms in total. The number of ether oxygens (including phenoxy) is 2. The van der Waals surface area contributed by atoms with Gasteiger partial charge in [0.1, 0.15) is 5.75 Å². The maximum absolute atomic E-state index is 12.4. The first-order valence-electron chi connectivity index (χ1n) is 8.69. The van der Waals surface area contributed by atoms with Crippen molar-refractivity contribution >= 4 is 17.9 Å². The van der Waals surface area contributed by atoms with Gasteiger partial charge in [-0.2, -0.15) is 0 Å². The van der Waals surface area contributed by atoms with E-state index in [9.17, 15) is 9.59 Å². The number of nitrogens with zero attached hydrogens (tertiary/aromatic N) is 2. The Morgan fingerprint density at radius 1 is 1.07 bits per heavy atom. The van der Waals surface area contributed by atoms with Crippen LogP contribution in [-0.2, 0) is 9.53 Å². The van der Waals surface area contributed by atoms with Crippen LogP contribution in [0.3, 0.4) is 0 Å². The second-order valence-corrected chi connectivity index (χ2v) is 6.05. The van der Waals surface area contributed by atoms with Gasteiger partial charge >= 0.3 is 0 Å². The Balaban J connectivity index is 1.49. The van der Waals surface area contributed by atoms with Gasteiger partial charge in [-0.25, -0.2) is 0 Å². The number of carbonyl (C=O) groups excluding carboxylic acids is 2. The van der Waals surface area contributed by atoms with Crippen LogP contribution in [0, 0.1) is 0 Å². The van der Waals surface area contributed by atoms with Gasteiger partial charge in [-0.1, -0.05) is 12.1 Å². The molecule has 0 bridgehead atoms. The van der Waals surface area contributed by atoms with Crippen LogP contribution in [0.2, 0.25) is 0 Å². The van der Waals surface area contributed by atoms with Gasteiger partial charge in [0.05, 0.1) is 6.26 Å². The van der Waals surface area contributed by atoms with Gasteiger partial charge in [-0.15, -0.1) is 0 Å². The van der Waals surface area contributed by atoms with Crippen LogP contribution in [-0.4, -0.2) is 61.7 Å². The normalized spacial score (nSPS) is 14.6. The monoisotopic (exact) mass is 370 g/mol. The number of rotatable bonds is 6. The highest BCUT2D eigenvalue weighted by Crippen LogP contribution is 2.14. The van der Waals surface area contributed by atoms with E-state index < -0.39 is 0 Å². The standard InChI is InChI=1S/C20H22N2O5/c1-25-15-27-17-7-4-16(5-8-17)6-9-19(23)21-10-12-22(13-11-21)20(24)18-3-2-14-26-18/h2-9,14H,10-13,15H2,1H3/b9-6+. The van der Waals surface area contributed by atoms with Crippen molar-refractivity contribution < 1.29 is 23.5 Å². The number of methoxy groups -OCH3 is 1. The molecule has 2 amide bonds. The van der Waals surface area contributed by atoms with Crippen molar-refractivity contribution in [2.45, 2.75) is 0 Å². The predicted molar refractivity (Wildman–Crippen MR) is 99.2 cm³/mol. The number of carbonyl (C=O) groups is 2. The molecule has 1 aromatic carbocycles. The zero-order valence-electron chi connectivity index (χ0n) is 15.2. The summed E-state index contributed by atoms with van der Waals surface area (Å²) in [6, 6.07) is 10.7. The summed E-state index contributed by atoms with van der Waals surface area (Å²) >= 11 is 0. The zero-order chi connectivity index (χ0) is 19.1. The lowest BCUT2D eigenvalue weighted by Crippen LogP contribution is -2.50. The summed E-state index contributed by atoms with van der Waals surface area (Å²) in [5.74, 6) is 0.823. The molecule has 7 heteroatoms. The summed E-state index contributed by atoms with van der Waals surface area (Å²) in [6.07, 6.45) is 4.80. The lowest BCUT2D eigenvalue weighted by Gasteiger charge is -2.33. The van der Waals surface area contributed by atoms with Crippen molar-refractivity contribution in [1.82, 2.24) is 9.80 Å². The van der Waals surface area contributed by atoms with E-state index in [1.54, 1.807) is 41.2 Å². The smallest absolute Gasteiger partial charge is 0.289 e. The third-order valence-electron chi connectivity index (χ3n) is 4.25. The molecule has 2 aromatic rings. The van der Waals surface area contributed by atoms with Crippen LogP contribution in [0.25, 0.3) is 6.08 Å². The molecule has 1 fully saturated rings. The molecule has 0 saturated carbocycles. The van der Waals surface area contributed by atoms with Crippen LogP contribution < -0.4 is 4.74 Å². The molecule has 2 heterocycles. The molecule has 1 aliphatic heterocycles. The molecule has 0 spiro atoms. The molecule has 0 N–H and O–H groups in total. The van der Waals surface area contributed by atoms with E-state index in [2.05, 4.69) is 0 Å². The molecule has 0 radical (unpaired) electrons. The topological polar surface area (TPSA) is 72.2 Å². The number of furan rings is 1. The molecule has 142 valence electrons. The first-order chi connectivity index (χ1) is 13.2. The Morgan fingerprint density at radius 3 is 2.41 bits per heavy atom. The Hall–Kier alpha value is -3.06. The fourth-order valence-electron chi connectivity index (χ4n) is 2.76. The lowest BCUT2D eigenvalue weighted by atomic mass is 10.2. The van der Waals surface area contributed by atoms with E-state index in [4.69, 9.17) is 13.9 Å². The zero-order valence-corrected chi connectivity index (χ0v) is 15.2. The van der Waals surface area contributed by atoms with E-state index in [0.29, 0.717) is 37.7 Å². The average Bonchev–Trinajstić information content (AvgIpc) is 3.25.